The average Bonchev–Trinajstić information content (AvgIpc) is 2.98. The summed E-state index contributed by atoms with van der Waals surface area (Å²) in [6.45, 7) is 5.00. The summed E-state index contributed by atoms with van der Waals surface area (Å²) >= 11 is 0. The lowest BCUT2D eigenvalue weighted by atomic mass is 10.1. The van der Waals surface area contributed by atoms with Crippen molar-refractivity contribution in [1.82, 2.24) is 15.0 Å². The molecule has 2 heterocycles. The molecule has 0 aliphatic rings. The van der Waals surface area contributed by atoms with Crippen molar-refractivity contribution in [3.63, 3.8) is 0 Å². The van der Waals surface area contributed by atoms with Crippen molar-refractivity contribution >= 4 is 0 Å². The summed E-state index contributed by atoms with van der Waals surface area (Å²) in [5.74, 6) is 7.51. The molecule has 0 saturated carbocycles. The molecular weight excluding hydrogens is 216 g/mol. The number of nitrogens with one attached hydrogen (secondary N) is 1. The Hall–Kier alpha value is -1.59. The fourth-order valence-electron chi connectivity index (χ4n) is 2.05. The Balaban J connectivity index is 2.40. The number of nitrogens with two attached hydrogens (primary N) is 1. The standard InChI is InChI=1S/C12H18N4O/c1-3-10-9(5-8-17-10)11(15-13)12-14-6-7-16(12)4-2/h5-8,11,15H,3-4,13H2,1-2H3. The van der Waals surface area contributed by atoms with Crippen LogP contribution in [0, 0.1) is 0 Å². The van der Waals surface area contributed by atoms with Gasteiger partial charge in [0.25, 0.3) is 0 Å². The molecule has 0 bridgehead atoms. The first-order valence-corrected chi connectivity index (χ1v) is 5.85. The normalized spacial score (nSPS) is 12.9. The van der Waals surface area contributed by atoms with Crippen LogP contribution in [0.25, 0.3) is 0 Å². The van der Waals surface area contributed by atoms with Crippen molar-refractivity contribution in [2.75, 3.05) is 0 Å². The molecule has 0 aromatic carbocycles. The van der Waals surface area contributed by atoms with Crippen molar-refractivity contribution in [2.45, 2.75) is 32.9 Å². The van der Waals surface area contributed by atoms with E-state index in [2.05, 4.69) is 28.8 Å². The minimum atomic E-state index is -0.126. The van der Waals surface area contributed by atoms with Crippen LogP contribution in [-0.4, -0.2) is 9.55 Å². The number of nitrogens with zero attached hydrogens (tertiary/aromatic N) is 2. The largest absolute Gasteiger partial charge is 0.469 e. The van der Waals surface area contributed by atoms with Gasteiger partial charge in [0.15, 0.2) is 0 Å². The van der Waals surface area contributed by atoms with E-state index in [4.69, 9.17) is 10.3 Å². The highest BCUT2D eigenvalue weighted by Crippen LogP contribution is 2.24. The SMILES string of the molecule is CCc1occc1C(NN)c1nccn1CC. The molecule has 0 amide bonds. The van der Waals surface area contributed by atoms with Gasteiger partial charge < -0.3 is 8.98 Å². The zero-order valence-corrected chi connectivity index (χ0v) is 10.2. The van der Waals surface area contributed by atoms with Crippen LogP contribution in [0.4, 0.5) is 0 Å². The number of hydrogen-bond acceptors (Lipinski definition) is 4. The molecule has 0 aliphatic heterocycles. The molecule has 92 valence electrons. The maximum atomic E-state index is 5.66. The molecule has 2 aromatic rings. The Morgan fingerprint density at radius 2 is 2.35 bits per heavy atom. The van der Waals surface area contributed by atoms with Gasteiger partial charge in [0.1, 0.15) is 17.6 Å². The topological polar surface area (TPSA) is 69.0 Å². The van der Waals surface area contributed by atoms with Gasteiger partial charge in [0.2, 0.25) is 0 Å². The van der Waals surface area contributed by atoms with Crippen LogP contribution < -0.4 is 11.3 Å². The Bertz CT molecular complexity index is 432. The number of furan rings is 1. The second-order valence-corrected chi connectivity index (χ2v) is 3.82. The van der Waals surface area contributed by atoms with Crippen LogP contribution in [0.1, 0.15) is 37.0 Å². The van der Waals surface area contributed by atoms with Crippen LogP contribution in [0.15, 0.2) is 29.1 Å². The van der Waals surface area contributed by atoms with E-state index in [1.54, 1.807) is 12.5 Å². The lowest BCUT2D eigenvalue weighted by Gasteiger charge is -2.16. The van der Waals surface area contributed by atoms with Gasteiger partial charge in [-0.15, -0.1) is 0 Å². The van der Waals surface area contributed by atoms with E-state index in [-0.39, 0.29) is 6.04 Å². The molecule has 17 heavy (non-hydrogen) atoms. The second-order valence-electron chi connectivity index (χ2n) is 3.82. The van der Waals surface area contributed by atoms with Crippen LogP contribution in [0.2, 0.25) is 0 Å². The predicted octanol–water partition coefficient (Wildman–Crippen LogP) is 1.61. The summed E-state index contributed by atoms with van der Waals surface area (Å²) in [7, 11) is 0. The fraction of sp³-hybridized carbons (Fsp3) is 0.417. The Morgan fingerprint density at radius 1 is 1.53 bits per heavy atom. The maximum Gasteiger partial charge on any atom is 0.131 e. The van der Waals surface area contributed by atoms with Gasteiger partial charge in [-0.25, -0.2) is 10.4 Å². The molecule has 0 aliphatic carbocycles. The third-order valence-electron chi connectivity index (χ3n) is 2.93. The number of hydrogen-bond donors (Lipinski definition) is 2. The highest BCUT2D eigenvalue weighted by Gasteiger charge is 2.21. The van der Waals surface area contributed by atoms with Gasteiger partial charge in [-0.05, 0) is 13.0 Å². The summed E-state index contributed by atoms with van der Waals surface area (Å²) in [5, 5.41) is 0. The van der Waals surface area contributed by atoms with Crippen molar-refractivity contribution in [3.05, 3.63) is 41.9 Å². The van der Waals surface area contributed by atoms with E-state index in [1.165, 1.54) is 0 Å². The Kier molecular flexibility index (Phi) is 3.61. The molecule has 2 rings (SSSR count). The smallest absolute Gasteiger partial charge is 0.131 e. The summed E-state index contributed by atoms with van der Waals surface area (Å²) in [5.41, 5.74) is 3.86. The third-order valence-corrected chi connectivity index (χ3v) is 2.93. The monoisotopic (exact) mass is 234 g/mol. The minimum absolute atomic E-state index is 0.126. The molecule has 0 fully saturated rings. The highest BCUT2D eigenvalue weighted by atomic mass is 16.3. The molecule has 1 atom stereocenters. The molecule has 0 saturated heterocycles. The Morgan fingerprint density at radius 3 is 3.00 bits per heavy atom. The Labute approximate surface area is 101 Å². The lowest BCUT2D eigenvalue weighted by molar-refractivity contribution is 0.493. The molecule has 5 nitrogen and oxygen atoms in total. The van der Waals surface area contributed by atoms with Crippen LogP contribution >= 0.6 is 0 Å². The first-order valence-electron chi connectivity index (χ1n) is 5.85. The number of aryl methyl sites for hydroxylation is 2. The summed E-state index contributed by atoms with van der Waals surface area (Å²) < 4.78 is 7.50. The van der Waals surface area contributed by atoms with Crippen LogP contribution in [-0.2, 0) is 13.0 Å². The van der Waals surface area contributed by atoms with Gasteiger partial charge in [-0.1, -0.05) is 6.92 Å². The van der Waals surface area contributed by atoms with Crippen molar-refractivity contribution < 1.29 is 4.42 Å². The summed E-state index contributed by atoms with van der Waals surface area (Å²) in [6, 6.07) is 1.82. The van der Waals surface area contributed by atoms with E-state index in [0.29, 0.717) is 0 Å². The van der Waals surface area contributed by atoms with Crippen molar-refractivity contribution in [2.24, 2.45) is 5.84 Å². The van der Waals surface area contributed by atoms with Crippen molar-refractivity contribution in [3.8, 4) is 0 Å². The minimum Gasteiger partial charge on any atom is -0.469 e. The molecule has 2 aromatic heterocycles. The van der Waals surface area contributed by atoms with E-state index in [1.807, 2.05) is 12.3 Å². The van der Waals surface area contributed by atoms with Gasteiger partial charge in [0, 0.05) is 30.9 Å². The van der Waals surface area contributed by atoms with E-state index < -0.39 is 0 Å². The molecule has 5 heteroatoms. The van der Waals surface area contributed by atoms with Gasteiger partial charge in [-0.3, -0.25) is 5.84 Å². The van der Waals surface area contributed by atoms with Crippen molar-refractivity contribution in [1.29, 1.82) is 0 Å². The number of rotatable bonds is 5. The van der Waals surface area contributed by atoms with Gasteiger partial charge >= 0.3 is 0 Å². The van der Waals surface area contributed by atoms with E-state index in [9.17, 15) is 0 Å². The predicted molar refractivity (Wildman–Crippen MR) is 65.2 cm³/mol. The number of imidazole rings is 1. The molecule has 0 spiro atoms. The van der Waals surface area contributed by atoms with Crippen LogP contribution in [0.3, 0.4) is 0 Å². The van der Waals surface area contributed by atoms with Gasteiger partial charge in [0.05, 0.1) is 6.26 Å². The maximum absolute atomic E-state index is 5.66. The lowest BCUT2D eigenvalue weighted by Crippen LogP contribution is -2.31. The second kappa shape index (κ2) is 5.16. The number of aromatic nitrogens is 2. The summed E-state index contributed by atoms with van der Waals surface area (Å²) in [6.07, 6.45) is 6.27. The average molecular weight is 234 g/mol. The fourth-order valence-corrected chi connectivity index (χ4v) is 2.05. The third kappa shape index (κ3) is 2.11. The molecule has 1 unspecified atom stereocenters. The molecule has 3 N–H and O–H groups in total. The molecular formula is C12H18N4O. The van der Waals surface area contributed by atoms with E-state index in [0.717, 1.165) is 30.1 Å². The zero-order valence-electron chi connectivity index (χ0n) is 10.2. The quantitative estimate of drug-likeness (QED) is 0.609. The zero-order chi connectivity index (χ0) is 12.3. The first-order chi connectivity index (χ1) is 8.31. The molecule has 0 radical (unpaired) electrons. The summed E-state index contributed by atoms with van der Waals surface area (Å²) in [4.78, 5) is 4.37. The first kappa shape index (κ1) is 11.9. The highest BCUT2D eigenvalue weighted by molar-refractivity contribution is 5.27. The number of hydrazine groups is 1. The van der Waals surface area contributed by atoms with Gasteiger partial charge in [-0.2, -0.15) is 0 Å². The van der Waals surface area contributed by atoms with Crippen LogP contribution in [0.5, 0.6) is 0 Å². The van der Waals surface area contributed by atoms with E-state index >= 15 is 0 Å².